The van der Waals surface area contributed by atoms with Crippen LogP contribution in [0.25, 0.3) is 16.7 Å². The van der Waals surface area contributed by atoms with Gasteiger partial charge in [0.15, 0.2) is 0 Å². The molecular weight excluding hydrogens is 328 g/mol. The lowest BCUT2D eigenvalue weighted by Crippen LogP contribution is -2.12. The molecule has 0 aliphatic heterocycles. The maximum atomic E-state index is 12.4. The summed E-state index contributed by atoms with van der Waals surface area (Å²) in [6.07, 6.45) is 3.34. The molecule has 0 radical (unpaired) electrons. The van der Waals surface area contributed by atoms with Crippen molar-refractivity contribution in [3.8, 4) is 11.6 Å². The van der Waals surface area contributed by atoms with Gasteiger partial charge in [-0.2, -0.15) is 0 Å². The highest BCUT2D eigenvalue weighted by Gasteiger charge is 2.08. The maximum absolute atomic E-state index is 12.4. The number of rotatable bonds is 4. The summed E-state index contributed by atoms with van der Waals surface area (Å²) in [4.78, 5) is 20.9. The van der Waals surface area contributed by atoms with E-state index < -0.39 is 0 Å². The molecule has 1 N–H and O–H groups in total. The molecule has 0 aliphatic carbocycles. The predicted octanol–water partition coefficient (Wildman–Crippen LogP) is 3.68. The van der Waals surface area contributed by atoms with E-state index in [1.807, 2.05) is 41.0 Å². The first-order valence-corrected chi connectivity index (χ1v) is 8.08. The molecule has 2 aromatic heterocycles. The zero-order valence-electron chi connectivity index (χ0n) is 14.1. The van der Waals surface area contributed by atoms with Crippen molar-refractivity contribution in [2.45, 2.75) is 0 Å². The first-order chi connectivity index (χ1) is 12.7. The van der Waals surface area contributed by atoms with Crippen LogP contribution in [0.5, 0.6) is 5.88 Å². The number of amides is 1. The lowest BCUT2D eigenvalue weighted by atomic mass is 10.2. The van der Waals surface area contributed by atoms with Gasteiger partial charge in [0.05, 0.1) is 30.0 Å². The first-order valence-electron chi connectivity index (χ1n) is 8.08. The van der Waals surface area contributed by atoms with E-state index in [-0.39, 0.29) is 5.91 Å². The third-order valence-corrected chi connectivity index (χ3v) is 4.06. The van der Waals surface area contributed by atoms with Crippen LogP contribution in [0.2, 0.25) is 0 Å². The summed E-state index contributed by atoms with van der Waals surface area (Å²) in [7, 11) is 1.55. The fourth-order valence-electron chi connectivity index (χ4n) is 2.72. The van der Waals surface area contributed by atoms with Crippen LogP contribution in [-0.4, -0.2) is 27.6 Å². The summed E-state index contributed by atoms with van der Waals surface area (Å²) < 4.78 is 7.00. The van der Waals surface area contributed by atoms with Crippen LogP contribution < -0.4 is 10.1 Å². The third kappa shape index (κ3) is 3.00. The molecule has 26 heavy (non-hydrogen) atoms. The number of fused-ring (bicyclic) bond motifs is 1. The normalized spacial score (nSPS) is 10.7. The number of hydrogen-bond donors (Lipinski definition) is 1. The molecule has 2 aromatic carbocycles. The SMILES string of the molecule is COc1ccc(NC(=O)c2ccc(-n3cnc4ccccc43)cc2)cn1. The lowest BCUT2D eigenvalue weighted by molar-refractivity contribution is 0.102. The van der Waals surface area contributed by atoms with Crippen LogP contribution in [-0.2, 0) is 0 Å². The van der Waals surface area contributed by atoms with Gasteiger partial charge in [0.25, 0.3) is 5.91 Å². The van der Waals surface area contributed by atoms with E-state index in [1.165, 1.54) is 0 Å². The van der Waals surface area contributed by atoms with Crippen molar-refractivity contribution in [2.24, 2.45) is 0 Å². The number of methoxy groups -OCH3 is 1. The van der Waals surface area contributed by atoms with Gasteiger partial charge >= 0.3 is 0 Å². The van der Waals surface area contributed by atoms with Crippen LogP contribution >= 0.6 is 0 Å². The average Bonchev–Trinajstić information content (AvgIpc) is 3.13. The van der Waals surface area contributed by atoms with Gasteiger partial charge in [-0.05, 0) is 42.5 Å². The molecule has 4 rings (SSSR count). The lowest BCUT2D eigenvalue weighted by Gasteiger charge is -2.08. The van der Waals surface area contributed by atoms with Crippen LogP contribution in [0.15, 0.2) is 73.2 Å². The predicted molar refractivity (Wildman–Crippen MR) is 99.8 cm³/mol. The number of ether oxygens (including phenoxy) is 1. The fraction of sp³-hybridized carbons (Fsp3) is 0.0500. The quantitative estimate of drug-likeness (QED) is 0.613. The molecule has 0 bridgehead atoms. The minimum atomic E-state index is -0.195. The highest BCUT2D eigenvalue weighted by Crippen LogP contribution is 2.19. The highest BCUT2D eigenvalue weighted by atomic mass is 16.5. The van der Waals surface area contributed by atoms with E-state index in [4.69, 9.17) is 4.74 Å². The number of carbonyl (C=O) groups is 1. The number of pyridine rings is 1. The summed E-state index contributed by atoms with van der Waals surface area (Å²) in [5, 5.41) is 2.82. The van der Waals surface area contributed by atoms with Gasteiger partial charge in [-0.25, -0.2) is 9.97 Å². The number of carbonyl (C=O) groups excluding carboxylic acids is 1. The second-order valence-electron chi connectivity index (χ2n) is 5.69. The molecule has 0 fully saturated rings. The van der Waals surface area contributed by atoms with Gasteiger partial charge in [-0.15, -0.1) is 0 Å². The Morgan fingerprint density at radius 3 is 2.54 bits per heavy atom. The van der Waals surface area contributed by atoms with Crippen LogP contribution in [0.3, 0.4) is 0 Å². The van der Waals surface area contributed by atoms with E-state index >= 15 is 0 Å². The van der Waals surface area contributed by atoms with Crippen molar-refractivity contribution in [3.63, 3.8) is 0 Å². The van der Waals surface area contributed by atoms with Crippen LogP contribution in [0.1, 0.15) is 10.4 Å². The first kappa shape index (κ1) is 15.8. The summed E-state index contributed by atoms with van der Waals surface area (Å²) in [5.41, 5.74) is 4.08. The summed E-state index contributed by atoms with van der Waals surface area (Å²) in [6.45, 7) is 0. The third-order valence-electron chi connectivity index (χ3n) is 4.06. The largest absolute Gasteiger partial charge is 0.481 e. The smallest absolute Gasteiger partial charge is 0.255 e. The average molecular weight is 344 g/mol. The monoisotopic (exact) mass is 344 g/mol. The zero-order chi connectivity index (χ0) is 17.9. The van der Waals surface area contributed by atoms with Gasteiger partial charge in [-0.1, -0.05) is 12.1 Å². The second kappa shape index (κ2) is 6.68. The molecule has 128 valence electrons. The van der Waals surface area contributed by atoms with E-state index in [0.29, 0.717) is 17.1 Å². The Balaban J connectivity index is 1.54. The highest BCUT2D eigenvalue weighted by molar-refractivity contribution is 6.04. The standard InChI is InChI=1S/C20H16N4O2/c1-26-19-11-8-15(12-21-19)23-20(25)14-6-9-16(10-7-14)24-13-22-17-4-2-3-5-18(17)24/h2-13H,1H3,(H,23,25). The Kier molecular flexibility index (Phi) is 4.07. The van der Waals surface area contributed by atoms with E-state index in [2.05, 4.69) is 15.3 Å². The molecule has 6 nitrogen and oxygen atoms in total. The van der Waals surface area contributed by atoms with Crippen molar-refractivity contribution >= 4 is 22.6 Å². The summed E-state index contributed by atoms with van der Waals surface area (Å²) in [5.74, 6) is 0.305. The Morgan fingerprint density at radius 2 is 1.81 bits per heavy atom. The summed E-state index contributed by atoms with van der Waals surface area (Å²) >= 11 is 0. The number of hydrogen-bond acceptors (Lipinski definition) is 4. The molecule has 0 aliphatic rings. The van der Waals surface area contributed by atoms with Gasteiger partial charge in [0.1, 0.15) is 6.33 Å². The topological polar surface area (TPSA) is 69.0 Å². The number of para-hydroxylation sites is 2. The second-order valence-corrected chi connectivity index (χ2v) is 5.69. The van der Waals surface area contributed by atoms with Crippen molar-refractivity contribution < 1.29 is 9.53 Å². The number of nitrogens with zero attached hydrogens (tertiary/aromatic N) is 3. The van der Waals surface area contributed by atoms with Crippen LogP contribution in [0.4, 0.5) is 5.69 Å². The van der Waals surface area contributed by atoms with E-state index in [0.717, 1.165) is 16.7 Å². The Bertz CT molecular complexity index is 1050. The van der Waals surface area contributed by atoms with Crippen molar-refractivity contribution in [1.82, 2.24) is 14.5 Å². The number of imidazole rings is 1. The van der Waals surface area contributed by atoms with Crippen molar-refractivity contribution in [3.05, 3.63) is 78.8 Å². The molecule has 0 spiro atoms. The van der Waals surface area contributed by atoms with E-state index in [1.54, 1.807) is 43.9 Å². The number of anilines is 1. The van der Waals surface area contributed by atoms with Gasteiger partial charge in [0, 0.05) is 17.3 Å². The minimum Gasteiger partial charge on any atom is -0.481 e. The maximum Gasteiger partial charge on any atom is 0.255 e. The van der Waals surface area contributed by atoms with Crippen LogP contribution in [0, 0.1) is 0 Å². The molecule has 0 atom stereocenters. The van der Waals surface area contributed by atoms with Crippen molar-refractivity contribution in [1.29, 1.82) is 0 Å². The molecule has 6 heteroatoms. The van der Waals surface area contributed by atoms with Crippen molar-refractivity contribution in [2.75, 3.05) is 12.4 Å². The fourth-order valence-corrected chi connectivity index (χ4v) is 2.72. The molecule has 4 aromatic rings. The zero-order valence-corrected chi connectivity index (χ0v) is 14.1. The van der Waals surface area contributed by atoms with Gasteiger partial charge in [0.2, 0.25) is 5.88 Å². The summed E-state index contributed by atoms with van der Waals surface area (Å²) in [6, 6.07) is 18.7. The molecule has 1 amide bonds. The van der Waals surface area contributed by atoms with Gasteiger partial charge in [-0.3, -0.25) is 9.36 Å². The van der Waals surface area contributed by atoms with Gasteiger partial charge < -0.3 is 10.1 Å². The van der Waals surface area contributed by atoms with E-state index in [9.17, 15) is 4.79 Å². The molecule has 0 saturated carbocycles. The Morgan fingerprint density at radius 1 is 1.00 bits per heavy atom. The molecule has 0 unspecified atom stereocenters. The Labute approximate surface area is 150 Å². The Hall–Kier alpha value is -3.67. The number of nitrogens with one attached hydrogen (secondary N) is 1. The number of benzene rings is 2. The molecule has 2 heterocycles. The molecular formula is C20H16N4O2. The number of aromatic nitrogens is 3. The molecule has 0 saturated heterocycles. The minimum absolute atomic E-state index is 0.195.